The highest BCUT2D eigenvalue weighted by Crippen LogP contribution is 2.22. The molecule has 7 heteroatoms. The predicted molar refractivity (Wildman–Crippen MR) is 84.9 cm³/mol. The number of aromatic nitrogens is 3. The number of hydrogen-bond acceptors (Lipinski definition) is 5. The third-order valence-electron chi connectivity index (χ3n) is 3.89. The Kier molecular flexibility index (Phi) is 4.38. The van der Waals surface area contributed by atoms with Crippen molar-refractivity contribution in [3.8, 4) is 11.3 Å². The molecular weight excluding hydrogens is 299 g/mol. The highest BCUT2D eigenvalue weighted by Gasteiger charge is 2.20. The van der Waals surface area contributed by atoms with Crippen molar-refractivity contribution in [1.82, 2.24) is 14.5 Å². The summed E-state index contributed by atoms with van der Waals surface area (Å²) in [4.78, 5) is 22.6. The average Bonchev–Trinajstić information content (AvgIpc) is 2.75. The summed E-state index contributed by atoms with van der Waals surface area (Å²) in [5.41, 5.74) is 0.373. The van der Waals surface area contributed by atoms with E-state index in [2.05, 4.69) is 9.97 Å². The Bertz CT molecular complexity index is 762. The van der Waals surface area contributed by atoms with Gasteiger partial charge in [0.1, 0.15) is 0 Å². The molecule has 0 bridgehead atoms. The standard InChI is InChI=1S/C16H19FN4O2/c1-11-10-21(6-3-7-23-11)16-19-14(8-15(22)20(16)2)12-4-5-18-9-13(12)17/h4-5,8-9,11H,3,6-7,10H2,1-2H3. The normalized spacial score (nSPS) is 18.7. The van der Waals surface area contributed by atoms with E-state index in [4.69, 9.17) is 4.74 Å². The fourth-order valence-electron chi connectivity index (χ4n) is 2.71. The third-order valence-corrected chi connectivity index (χ3v) is 3.89. The summed E-state index contributed by atoms with van der Waals surface area (Å²) >= 11 is 0. The molecule has 0 spiro atoms. The molecule has 1 saturated heterocycles. The van der Waals surface area contributed by atoms with Crippen molar-refractivity contribution in [2.75, 3.05) is 24.6 Å². The Morgan fingerprint density at radius 1 is 1.43 bits per heavy atom. The van der Waals surface area contributed by atoms with Crippen LogP contribution in [-0.2, 0) is 11.8 Å². The molecule has 0 N–H and O–H groups in total. The Labute approximate surface area is 133 Å². The van der Waals surface area contributed by atoms with E-state index in [1.807, 2.05) is 11.8 Å². The first kappa shape index (κ1) is 15.6. The van der Waals surface area contributed by atoms with Gasteiger partial charge in [0.05, 0.1) is 18.0 Å². The van der Waals surface area contributed by atoms with E-state index in [0.717, 1.165) is 19.2 Å². The van der Waals surface area contributed by atoms with Crippen LogP contribution in [0.5, 0.6) is 0 Å². The van der Waals surface area contributed by atoms with Gasteiger partial charge in [0.2, 0.25) is 5.95 Å². The minimum absolute atomic E-state index is 0.0516. The summed E-state index contributed by atoms with van der Waals surface area (Å²) in [7, 11) is 1.67. The van der Waals surface area contributed by atoms with Gasteiger partial charge in [-0.3, -0.25) is 14.3 Å². The van der Waals surface area contributed by atoms with Gasteiger partial charge in [0.15, 0.2) is 5.82 Å². The monoisotopic (exact) mass is 318 g/mol. The molecule has 0 saturated carbocycles. The lowest BCUT2D eigenvalue weighted by molar-refractivity contribution is 0.0819. The molecule has 6 nitrogen and oxygen atoms in total. The number of rotatable bonds is 2. The Morgan fingerprint density at radius 2 is 2.26 bits per heavy atom. The molecule has 3 heterocycles. The van der Waals surface area contributed by atoms with Crippen LogP contribution in [-0.4, -0.2) is 40.3 Å². The quantitative estimate of drug-likeness (QED) is 0.842. The Balaban J connectivity index is 2.07. The van der Waals surface area contributed by atoms with Gasteiger partial charge in [0, 0.05) is 44.6 Å². The molecule has 3 rings (SSSR count). The molecule has 0 aromatic carbocycles. The molecule has 122 valence electrons. The molecule has 1 aliphatic heterocycles. The van der Waals surface area contributed by atoms with E-state index >= 15 is 0 Å². The molecule has 0 radical (unpaired) electrons. The van der Waals surface area contributed by atoms with Crippen LogP contribution in [0.3, 0.4) is 0 Å². The van der Waals surface area contributed by atoms with Crippen molar-refractivity contribution in [3.63, 3.8) is 0 Å². The van der Waals surface area contributed by atoms with Gasteiger partial charge in [-0.15, -0.1) is 0 Å². The Hall–Kier alpha value is -2.28. The number of ether oxygens (including phenoxy) is 1. The second-order valence-electron chi connectivity index (χ2n) is 5.68. The number of hydrogen-bond donors (Lipinski definition) is 0. The van der Waals surface area contributed by atoms with Gasteiger partial charge in [-0.2, -0.15) is 0 Å². The summed E-state index contributed by atoms with van der Waals surface area (Å²) < 4.78 is 21.1. The van der Waals surface area contributed by atoms with E-state index in [9.17, 15) is 9.18 Å². The second kappa shape index (κ2) is 6.45. The lowest BCUT2D eigenvalue weighted by Gasteiger charge is -2.25. The van der Waals surface area contributed by atoms with Crippen LogP contribution in [0.2, 0.25) is 0 Å². The molecule has 23 heavy (non-hydrogen) atoms. The van der Waals surface area contributed by atoms with Crippen LogP contribution in [0.1, 0.15) is 13.3 Å². The zero-order valence-electron chi connectivity index (χ0n) is 13.2. The van der Waals surface area contributed by atoms with Gasteiger partial charge in [-0.05, 0) is 19.4 Å². The zero-order chi connectivity index (χ0) is 16.4. The molecule has 1 atom stereocenters. The second-order valence-corrected chi connectivity index (χ2v) is 5.68. The number of nitrogens with zero attached hydrogens (tertiary/aromatic N) is 4. The highest BCUT2D eigenvalue weighted by molar-refractivity contribution is 5.60. The summed E-state index contributed by atoms with van der Waals surface area (Å²) in [6.45, 7) is 4.06. The maximum Gasteiger partial charge on any atom is 0.255 e. The van der Waals surface area contributed by atoms with Crippen LogP contribution in [0.4, 0.5) is 10.3 Å². The summed E-state index contributed by atoms with van der Waals surface area (Å²) in [5.74, 6) is 0.0350. The lowest BCUT2D eigenvalue weighted by Crippen LogP contribution is -2.35. The summed E-state index contributed by atoms with van der Waals surface area (Å²) in [6, 6.07) is 2.87. The molecule has 1 fully saturated rings. The molecule has 1 unspecified atom stereocenters. The minimum atomic E-state index is -0.494. The predicted octanol–water partition coefficient (Wildman–Crippen LogP) is 1.60. The average molecular weight is 318 g/mol. The minimum Gasteiger partial charge on any atom is -0.377 e. The maximum atomic E-state index is 14.0. The molecule has 2 aromatic rings. The van der Waals surface area contributed by atoms with Gasteiger partial charge in [-0.25, -0.2) is 9.37 Å². The largest absolute Gasteiger partial charge is 0.377 e. The summed E-state index contributed by atoms with van der Waals surface area (Å²) in [6.07, 6.45) is 3.51. The van der Waals surface area contributed by atoms with Crippen molar-refractivity contribution in [2.45, 2.75) is 19.4 Å². The van der Waals surface area contributed by atoms with Crippen molar-refractivity contribution in [3.05, 3.63) is 40.7 Å². The molecule has 0 amide bonds. The fourth-order valence-corrected chi connectivity index (χ4v) is 2.71. The first-order valence-corrected chi connectivity index (χ1v) is 7.61. The number of pyridine rings is 1. The van der Waals surface area contributed by atoms with Crippen LogP contribution in [0.15, 0.2) is 29.3 Å². The van der Waals surface area contributed by atoms with Crippen molar-refractivity contribution in [1.29, 1.82) is 0 Å². The zero-order valence-corrected chi connectivity index (χ0v) is 13.2. The van der Waals surface area contributed by atoms with Gasteiger partial charge >= 0.3 is 0 Å². The number of halogens is 1. The molecular formula is C16H19FN4O2. The van der Waals surface area contributed by atoms with Gasteiger partial charge < -0.3 is 9.64 Å². The van der Waals surface area contributed by atoms with E-state index in [1.54, 1.807) is 7.05 Å². The van der Waals surface area contributed by atoms with Crippen LogP contribution in [0, 0.1) is 5.82 Å². The van der Waals surface area contributed by atoms with Crippen molar-refractivity contribution >= 4 is 5.95 Å². The Morgan fingerprint density at radius 3 is 3.04 bits per heavy atom. The fraction of sp³-hybridized carbons (Fsp3) is 0.438. The van der Waals surface area contributed by atoms with Crippen molar-refractivity contribution < 1.29 is 9.13 Å². The van der Waals surface area contributed by atoms with Gasteiger partial charge in [0.25, 0.3) is 5.56 Å². The van der Waals surface area contributed by atoms with Crippen LogP contribution < -0.4 is 10.5 Å². The number of anilines is 1. The smallest absolute Gasteiger partial charge is 0.255 e. The summed E-state index contributed by atoms with van der Waals surface area (Å²) in [5, 5.41) is 0. The lowest BCUT2D eigenvalue weighted by atomic mass is 10.2. The first-order valence-electron chi connectivity index (χ1n) is 7.61. The van der Waals surface area contributed by atoms with E-state index in [-0.39, 0.29) is 17.2 Å². The topological polar surface area (TPSA) is 60.2 Å². The van der Waals surface area contributed by atoms with E-state index in [0.29, 0.717) is 24.8 Å². The van der Waals surface area contributed by atoms with E-state index < -0.39 is 5.82 Å². The maximum absolute atomic E-state index is 14.0. The molecule has 0 aliphatic carbocycles. The SMILES string of the molecule is CC1CN(c2nc(-c3ccncc3F)cc(=O)n2C)CCCO1. The highest BCUT2D eigenvalue weighted by atomic mass is 19.1. The molecule has 2 aromatic heterocycles. The molecule has 1 aliphatic rings. The van der Waals surface area contributed by atoms with Gasteiger partial charge in [-0.1, -0.05) is 0 Å². The third kappa shape index (κ3) is 3.24. The van der Waals surface area contributed by atoms with E-state index in [1.165, 1.54) is 22.9 Å². The van der Waals surface area contributed by atoms with Crippen LogP contribution >= 0.6 is 0 Å². The van der Waals surface area contributed by atoms with Crippen molar-refractivity contribution in [2.24, 2.45) is 7.05 Å². The first-order chi connectivity index (χ1) is 11.1. The van der Waals surface area contributed by atoms with Crippen LogP contribution in [0.25, 0.3) is 11.3 Å².